The highest BCUT2D eigenvalue weighted by molar-refractivity contribution is 5.88. The smallest absolute Gasteiger partial charge is 0.410 e. The number of carbonyl (C=O) groups excluding carboxylic acids is 2. The van der Waals surface area contributed by atoms with Gasteiger partial charge in [0.25, 0.3) is 5.91 Å². The van der Waals surface area contributed by atoms with Crippen molar-refractivity contribution < 1.29 is 23.5 Å². The first kappa shape index (κ1) is 18.5. The Kier molecular flexibility index (Phi) is 4.77. The maximum atomic E-state index is 15.6. The van der Waals surface area contributed by atoms with Gasteiger partial charge >= 0.3 is 6.09 Å². The Morgan fingerprint density at radius 2 is 2.04 bits per heavy atom. The molecule has 1 spiro atoms. The Morgan fingerprint density at radius 3 is 2.50 bits per heavy atom. The van der Waals surface area contributed by atoms with Gasteiger partial charge in [0.1, 0.15) is 5.60 Å². The van der Waals surface area contributed by atoms with E-state index in [1.165, 1.54) is 4.90 Å². The number of rotatable bonds is 3. The van der Waals surface area contributed by atoms with E-state index >= 15 is 4.39 Å². The van der Waals surface area contributed by atoms with Crippen LogP contribution in [0.3, 0.4) is 0 Å². The number of hydrogen-bond donors (Lipinski definition) is 1. The molecular formula is C16H24FN3O4. The molecule has 7 nitrogen and oxygen atoms in total. The average molecular weight is 341 g/mol. The van der Waals surface area contributed by atoms with Crippen molar-refractivity contribution in [2.45, 2.75) is 51.4 Å². The summed E-state index contributed by atoms with van der Waals surface area (Å²) in [5.41, 5.74) is -4.02. The Bertz CT molecular complexity index is 565. The van der Waals surface area contributed by atoms with Gasteiger partial charge in [-0.25, -0.2) is 9.18 Å². The lowest BCUT2D eigenvalue weighted by Crippen LogP contribution is -2.64. The zero-order chi connectivity index (χ0) is 18.2. The van der Waals surface area contributed by atoms with Gasteiger partial charge in [0.2, 0.25) is 5.67 Å². The van der Waals surface area contributed by atoms with Crippen molar-refractivity contribution in [1.29, 1.82) is 5.26 Å². The first-order valence-electron chi connectivity index (χ1n) is 7.95. The van der Waals surface area contributed by atoms with Crippen LogP contribution in [0.5, 0.6) is 0 Å². The Morgan fingerprint density at radius 1 is 1.42 bits per heavy atom. The molecule has 2 aliphatic rings. The van der Waals surface area contributed by atoms with Crippen molar-refractivity contribution in [2.24, 2.45) is 5.41 Å². The van der Waals surface area contributed by atoms with Crippen molar-refractivity contribution >= 4 is 12.0 Å². The van der Waals surface area contributed by atoms with Crippen LogP contribution in [0.4, 0.5) is 9.18 Å². The molecule has 0 radical (unpaired) electrons. The molecule has 8 heteroatoms. The van der Waals surface area contributed by atoms with Crippen molar-refractivity contribution in [3.05, 3.63) is 0 Å². The van der Waals surface area contributed by atoms with Crippen LogP contribution in [0, 0.1) is 16.7 Å². The van der Waals surface area contributed by atoms with Crippen LogP contribution in [-0.4, -0.2) is 60.5 Å². The molecule has 2 atom stereocenters. The molecule has 0 aliphatic carbocycles. The predicted molar refractivity (Wildman–Crippen MR) is 82.7 cm³/mol. The highest BCUT2D eigenvalue weighted by Crippen LogP contribution is 2.48. The molecule has 0 aromatic carbocycles. The van der Waals surface area contributed by atoms with Crippen molar-refractivity contribution in [2.75, 3.05) is 26.3 Å². The molecule has 0 saturated carbocycles. The largest absolute Gasteiger partial charge is 0.444 e. The number of hydrogen-bond acceptors (Lipinski definition) is 5. The lowest BCUT2D eigenvalue weighted by Gasteiger charge is -2.44. The van der Waals surface area contributed by atoms with Crippen LogP contribution < -0.4 is 5.32 Å². The zero-order valence-corrected chi connectivity index (χ0v) is 14.5. The predicted octanol–water partition coefficient (Wildman–Crippen LogP) is 1.38. The maximum absolute atomic E-state index is 15.6. The monoisotopic (exact) mass is 341 g/mol. The summed E-state index contributed by atoms with van der Waals surface area (Å²) in [5.74, 6) is -0.806. The number of amides is 2. The standard InChI is InChI=1S/C16H24FN3O4/c1-11(5-6-18)19-12(21)16(17)8-20(7-15(16)9-23-10-15)13(22)24-14(2,3)4/h11H,5,7-10H2,1-4H3,(H,19,21)/t11-,16+/m1/s1. The van der Waals surface area contributed by atoms with Gasteiger partial charge in [-0.2, -0.15) is 5.26 Å². The molecule has 2 saturated heterocycles. The molecule has 2 heterocycles. The molecular weight excluding hydrogens is 317 g/mol. The summed E-state index contributed by atoms with van der Waals surface area (Å²) in [6.07, 6.45) is -0.563. The van der Waals surface area contributed by atoms with E-state index in [0.29, 0.717) is 0 Å². The number of nitrogens with zero attached hydrogens (tertiary/aromatic N) is 2. The molecule has 0 aromatic heterocycles. The van der Waals surface area contributed by atoms with Crippen LogP contribution in [0.2, 0.25) is 0 Å². The molecule has 2 fully saturated rings. The fourth-order valence-electron chi connectivity index (χ4n) is 2.94. The van der Waals surface area contributed by atoms with Gasteiger partial charge in [-0.3, -0.25) is 4.79 Å². The number of alkyl halides is 1. The SMILES string of the molecule is C[C@H](CC#N)NC(=O)[C@@]1(F)CN(C(=O)OC(C)(C)C)CC12COC2. The van der Waals surface area contributed by atoms with Crippen molar-refractivity contribution in [1.82, 2.24) is 10.2 Å². The number of halogens is 1. The van der Waals surface area contributed by atoms with E-state index in [9.17, 15) is 9.59 Å². The summed E-state index contributed by atoms with van der Waals surface area (Å²) < 4.78 is 26.0. The van der Waals surface area contributed by atoms with Crippen LogP contribution in [0.25, 0.3) is 0 Å². The molecule has 2 rings (SSSR count). The van der Waals surface area contributed by atoms with Crippen LogP contribution in [-0.2, 0) is 14.3 Å². The van der Waals surface area contributed by atoms with Gasteiger partial charge in [-0.05, 0) is 27.7 Å². The second-order valence-corrected chi connectivity index (χ2v) is 7.65. The fraction of sp³-hybridized carbons (Fsp3) is 0.812. The van der Waals surface area contributed by atoms with Gasteiger partial charge in [-0.1, -0.05) is 0 Å². The van der Waals surface area contributed by atoms with Crippen LogP contribution in [0.15, 0.2) is 0 Å². The van der Waals surface area contributed by atoms with E-state index < -0.39 is 34.7 Å². The highest BCUT2D eigenvalue weighted by Gasteiger charge is 2.68. The van der Waals surface area contributed by atoms with Gasteiger partial charge < -0.3 is 19.7 Å². The van der Waals surface area contributed by atoms with E-state index in [0.717, 1.165) is 0 Å². The Balaban J connectivity index is 2.15. The normalized spacial score (nSPS) is 26.4. The van der Waals surface area contributed by atoms with E-state index in [-0.39, 0.29) is 32.7 Å². The van der Waals surface area contributed by atoms with Gasteiger partial charge in [-0.15, -0.1) is 0 Å². The van der Waals surface area contributed by atoms with Crippen LogP contribution >= 0.6 is 0 Å². The fourth-order valence-corrected chi connectivity index (χ4v) is 2.94. The molecule has 134 valence electrons. The molecule has 1 N–H and O–H groups in total. The summed E-state index contributed by atoms with van der Waals surface area (Å²) in [6.45, 7) is 6.64. The average Bonchev–Trinajstić information content (AvgIpc) is 2.72. The van der Waals surface area contributed by atoms with Crippen molar-refractivity contribution in [3.63, 3.8) is 0 Å². The summed E-state index contributed by atoms with van der Waals surface area (Å²) in [4.78, 5) is 26.0. The van der Waals surface area contributed by atoms with Crippen molar-refractivity contribution in [3.8, 4) is 6.07 Å². The third-order valence-electron chi connectivity index (χ3n) is 4.29. The molecule has 24 heavy (non-hydrogen) atoms. The van der Waals surface area contributed by atoms with Crippen LogP contribution in [0.1, 0.15) is 34.1 Å². The van der Waals surface area contributed by atoms with E-state index in [1.54, 1.807) is 27.7 Å². The summed E-state index contributed by atoms with van der Waals surface area (Å²) in [5, 5.41) is 11.2. The van der Waals surface area contributed by atoms with Gasteiger partial charge in [0, 0.05) is 12.6 Å². The number of ether oxygens (including phenoxy) is 2. The summed E-state index contributed by atoms with van der Waals surface area (Å²) >= 11 is 0. The molecule has 0 bridgehead atoms. The third kappa shape index (κ3) is 3.31. The first-order chi connectivity index (χ1) is 11.0. The minimum Gasteiger partial charge on any atom is -0.444 e. The van der Waals surface area contributed by atoms with Gasteiger partial charge in [0.15, 0.2) is 0 Å². The molecule has 2 amide bonds. The minimum absolute atomic E-state index is 0.0679. The molecule has 0 unspecified atom stereocenters. The van der Waals surface area contributed by atoms with E-state index in [2.05, 4.69) is 5.32 Å². The summed E-state index contributed by atoms with van der Waals surface area (Å²) in [6, 6.07) is 1.46. The maximum Gasteiger partial charge on any atom is 0.410 e. The lowest BCUT2D eigenvalue weighted by atomic mass is 9.73. The second kappa shape index (κ2) is 6.20. The minimum atomic E-state index is -2.26. The number of nitriles is 1. The Hall–Kier alpha value is -1.88. The van der Waals surface area contributed by atoms with Gasteiger partial charge in [0.05, 0.1) is 37.7 Å². The summed E-state index contributed by atoms with van der Waals surface area (Å²) in [7, 11) is 0. The number of likely N-dealkylation sites (tertiary alicyclic amines) is 1. The van der Waals surface area contributed by atoms with E-state index in [1.807, 2.05) is 6.07 Å². The Labute approximate surface area is 141 Å². The molecule has 2 aliphatic heterocycles. The number of nitrogens with one attached hydrogen (secondary N) is 1. The number of carbonyl (C=O) groups is 2. The third-order valence-corrected chi connectivity index (χ3v) is 4.29. The molecule has 0 aromatic rings. The topological polar surface area (TPSA) is 91.7 Å². The van der Waals surface area contributed by atoms with E-state index in [4.69, 9.17) is 14.7 Å². The second-order valence-electron chi connectivity index (χ2n) is 7.65. The highest BCUT2D eigenvalue weighted by atomic mass is 19.1. The first-order valence-corrected chi connectivity index (χ1v) is 7.95. The lowest BCUT2D eigenvalue weighted by molar-refractivity contribution is -0.180. The zero-order valence-electron chi connectivity index (χ0n) is 14.5. The quantitative estimate of drug-likeness (QED) is 0.837.